The van der Waals surface area contributed by atoms with E-state index in [-0.39, 0.29) is 11.9 Å². The Kier molecular flexibility index (Phi) is 3.86. The number of nitrogens with one attached hydrogen (secondary N) is 2. The van der Waals surface area contributed by atoms with Gasteiger partial charge in [-0.2, -0.15) is 0 Å². The maximum atomic E-state index is 12.0. The van der Waals surface area contributed by atoms with Gasteiger partial charge in [-0.15, -0.1) is 0 Å². The van der Waals surface area contributed by atoms with Crippen LogP contribution in [0.1, 0.15) is 23.2 Å². The third kappa shape index (κ3) is 3.11. The van der Waals surface area contributed by atoms with Gasteiger partial charge in [0.15, 0.2) is 0 Å². The number of amides is 1. The molecule has 1 saturated heterocycles. The number of rotatable bonds is 2. The molecule has 92 valence electrons. The monoisotopic (exact) mass is 253 g/mol. The summed E-state index contributed by atoms with van der Waals surface area (Å²) >= 11 is 5.99. The first-order chi connectivity index (χ1) is 8.16. The fraction of sp³-hybridized carbons (Fsp3) is 0.417. The summed E-state index contributed by atoms with van der Waals surface area (Å²) in [6.07, 6.45) is 1.91. The molecule has 17 heavy (non-hydrogen) atoms. The molecule has 5 heteroatoms. The lowest BCUT2D eigenvalue weighted by molar-refractivity contribution is 0.0930. The van der Waals surface area contributed by atoms with Crippen LogP contribution in [0.2, 0.25) is 5.02 Å². The van der Waals surface area contributed by atoms with Gasteiger partial charge >= 0.3 is 0 Å². The summed E-state index contributed by atoms with van der Waals surface area (Å²) in [5.74, 6) is -0.123. The van der Waals surface area contributed by atoms with Crippen LogP contribution >= 0.6 is 11.6 Å². The van der Waals surface area contributed by atoms with Crippen molar-refractivity contribution < 1.29 is 4.79 Å². The van der Waals surface area contributed by atoms with Gasteiger partial charge in [-0.05, 0) is 44.1 Å². The first-order valence-electron chi connectivity index (χ1n) is 5.73. The highest BCUT2D eigenvalue weighted by molar-refractivity contribution is 6.34. The van der Waals surface area contributed by atoms with E-state index in [9.17, 15) is 4.79 Å². The second-order valence-corrected chi connectivity index (χ2v) is 4.64. The summed E-state index contributed by atoms with van der Waals surface area (Å²) in [6, 6.07) is 5.17. The maximum Gasteiger partial charge on any atom is 0.253 e. The van der Waals surface area contributed by atoms with Gasteiger partial charge in [-0.3, -0.25) is 4.79 Å². The van der Waals surface area contributed by atoms with Crippen molar-refractivity contribution >= 4 is 23.2 Å². The molecule has 0 unspecified atom stereocenters. The van der Waals surface area contributed by atoms with E-state index in [4.69, 9.17) is 17.3 Å². The largest absolute Gasteiger partial charge is 0.399 e. The molecule has 1 aliphatic rings. The summed E-state index contributed by atoms with van der Waals surface area (Å²) < 4.78 is 0. The zero-order valence-corrected chi connectivity index (χ0v) is 10.3. The maximum absolute atomic E-state index is 12.0. The van der Waals surface area contributed by atoms with E-state index >= 15 is 0 Å². The van der Waals surface area contributed by atoms with Crippen LogP contribution in [0.5, 0.6) is 0 Å². The normalized spacial score (nSPS) is 16.8. The molecule has 0 aromatic heterocycles. The molecule has 0 spiro atoms. The van der Waals surface area contributed by atoms with Crippen molar-refractivity contribution in [3.05, 3.63) is 28.8 Å². The van der Waals surface area contributed by atoms with Crippen LogP contribution in [0, 0.1) is 0 Å². The zero-order valence-electron chi connectivity index (χ0n) is 9.50. The lowest BCUT2D eigenvalue weighted by atomic mass is 10.1. The van der Waals surface area contributed by atoms with Crippen molar-refractivity contribution in [3.8, 4) is 0 Å². The average Bonchev–Trinajstić information content (AvgIpc) is 2.30. The molecule has 1 aliphatic heterocycles. The van der Waals surface area contributed by atoms with E-state index in [1.54, 1.807) is 18.2 Å². The minimum absolute atomic E-state index is 0.123. The van der Waals surface area contributed by atoms with Crippen molar-refractivity contribution in [3.63, 3.8) is 0 Å². The fourth-order valence-corrected chi connectivity index (χ4v) is 2.22. The molecule has 0 bridgehead atoms. The van der Waals surface area contributed by atoms with Gasteiger partial charge in [0.1, 0.15) is 0 Å². The van der Waals surface area contributed by atoms with Crippen LogP contribution in [0.25, 0.3) is 0 Å². The SMILES string of the molecule is Nc1ccc(C(=O)NC2CCNCC2)c(Cl)c1. The van der Waals surface area contributed by atoms with Gasteiger partial charge in [0.25, 0.3) is 5.91 Å². The molecule has 1 aromatic carbocycles. The van der Waals surface area contributed by atoms with Gasteiger partial charge in [0, 0.05) is 11.7 Å². The van der Waals surface area contributed by atoms with Crippen LogP contribution in [0.3, 0.4) is 0 Å². The lowest BCUT2D eigenvalue weighted by Gasteiger charge is -2.23. The van der Waals surface area contributed by atoms with Crippen LogP contribution in [-0.2, 0) is 0 Å². The molecule has 0 atom stereocenters. The molecule has 0 saturated carbocycles. The van der Waals surface area contributed by atoms with Gasteiger partial charge in [-0.1, -0.05) is 11.6 Å². The first kappa shape index (κ1) is 12.2. The smallest absolute Gasteiger partial charge is 0.253 e. The van der Waals surface area contributed by atoms with Crippen LogP contribution < -0.4 is 16.4 Å². The highest BCUT2D eigenvalue weighted by Gasteiger charge is 2.17. The third-order valence-corrected chi connectivity index (χ3v) is 3.22. The van der Waals surface area contributed by atoms with E-state index in [0.29, 0.717) is 16.3 Å². The summed E-state index contributed by atoms with van der Waals surface area (Å²) in [4.78, 5) is 12.0. The number of benzene rings is 1. The summed E-state index contributed by atoms with van der Waals surface area (Å²) in [5, 5.41) is 6.64. The standard InChI is InChI=1S/C12H16ClN3O/c13-11-7-8(14)1-2-10(11)12(17)16-9-3-5-15-6-4-9/h1-2,7,9,15H,3-6,14H2,(H,16,17). The Hall–Kier alpha value is -1.26. The summed E-state index contributed by atoms with van der Waals surface area (Å²) in [7, 11) is 0. The fourth-order valence-electron chi connectivity index (χ4n) is 1.94. The lowest BCUT2D eigenvalue weighted by Crippen LogP contribution is -2.42. The van der Waals surface area contributed by atoms with Gasteiger partial charge < -0.3 is 16.4 Å². The molecular formula is C12H16ClN3O. The number of hydrogen-bond acceptors (Lipinski definition) is 3. The van der Waals surface area contributed by atoms with Crippen LogP contribution in [0.4, 0.5) is 5.69 Å². The van der Waals surface area contributed by atoms with Crippen molar-refractivity contribution in [1.82, 2.24) is 10.6 Å². The molecular weight excluding hydrogens is 238 g/mol. The second-order valence-electron chi connectivity index (χ2n) is 4.24. The summed E-state index contributed by atoms with van der Waals surface area (Å²) in [6.45, 7) is 1.89. The van der Waals surface area contributed by atoms with Gasteiger partial charge in [0.05, 0.1) is 10.6 Å². The molecule has 1 heterocycles. The molecule has 1 amide bonds. The van der Waals surface area contributed by atoms with E-state index in [2.05, 4.69) is 10.6 Å². The molecule has 0 aliphatic carbocycles. The van der Waals surface area contributed by atoms with E-state index in [1.165, 1.54) is 0 Å². The highest BCUT2D eigenvalue weighted by Crippen LogP contribution is 2.19. The number of nitrogen functional groups attached to an aromatic ring is 1. The Bertz CT molecular complexity index is 416. The summed E-state index contributed by atoms with van der Waals surface area (Å²) in [5.41, 5.74) is 6.64. The highest BCUT2D eigenvalue weighted by atomic mass is 35.5. The Morgan fingerprint density at radius 1 is 1.41 bits per heavy atom. The molecule has 1 aromatic rings. The minimum atomic E-state index is -0.123. The number of carbonyl (C=O) groups excluding carboxylic acids is 1. The van der Waals surface area contributed by atoms with Crippen molar-refractivity contribution in [2.45, 2.75) is 18.9 Å². The van der Waals surface area contributed by atoms with Gasteiger partial charge in [-0.25, -0.2) is 0 Å². The van der Waals surface area contributed by atoms with E-state index in [1.807, 2.05) is 0 Å². The number of halogens is 1. The average molecular weight is 254 g/mol. The van der Waals surface area contributed by atoms with Gasteiger partial charge in [0.2, 0.25) is 0 Å². The Morgan fingerprint density at radius 3 is 2.76 bits per heavy atom. The minimum Gasteiger partial charge on any atom is -0.399 e. The first-order valence-corrected chi connectivity index (χ1v) is 6.11. The Balaban J connectivity index is 2.03. The molecule has 0 radical (unpaired) electrons. The zero-order chi connectivity index (χ0) is 12.3. The number of piperidine rings is 1. The third-order valence-electron chi connectivity index (χ3n) is 2.91. The molecule has 4 nitrogen and oxygen atoms in total. The topological polar surface area (TPSA) is 67.2 Å². The van der Waals surface area contributed by atoms with Crippen molar-refractivity contribution in [1.29, 1.82) is 0 Å². The Morgan fingerprint density at radius 2 is 2.12 bits per heavy atom. The molecule has 4 N–H and O–H groups in total. The van der Waals surface area contributed by atoms with Crippen molar-refractivity contribution in [2.24, 2.45) is 0 Å². The quantitative estimate of drug-likeness (QED) is 0.698. The number of carbonyl (C=O) groups is 1. The number of anilines is 1. The number of hydrogen-bond donors (Lipinski definition) is 3. The Labute approximate surface area is 106 Å². The molecule has 1 fully saturated rings. The molecule has 2 rings (SSSR count). The number of nitrogens with two attached hydrogens (primary N) is 1. The van der Waals surface area contributed by atoms with Crippen LogP contribution in [-0.4, -0.2) is 25.0 Å². The van der Waals surface area contributed by atoms with E-state index < -0.39 is 0 Å². The predicted molar refractivity (Wildman–Crippen MR) is 69.2 cm³/mol. The predicted octanol–water partition coefficient (Wildman–Crippen LogP) is 1.40. The second kappa shape index (κ2) is 5.38. The van der Waals surface area contributed by atoms with Crippen molar-refractivity contribution in [2.75, 3.05) is 18.8 Å². The van der Waals surface area contributed by atoms with Crippen LogP contribution in [0.15, 0.2) is 18.2 Å². The van der Waals surface area contributed by atoms with E-state index in [0.717, 1.165) is 25.9 Å².